The fourth-order valence-electron chi connectivity index (χ4n) is 1.37. The standard InChI is InChI=1S/C12H8N2O/c13-9-11-7-4-8-14(11)12(15)10-5-2-1-3-6-10/h1-8H. The molecule has 2 rings (SSSR count). The first kappa shape index (κ1) is 9.22. The summed E-state index contributed by atoms with van der Waals surface area (Å²) in [6.07, 6.45) is 1.59. The van der Waals surface area contributed by atoms with E-state index in [1.165, 1.54) is 4.57 Å². The molecule has 0 aliphatic rings. The van der Waals surface area contributed by atoms with Gasteiger partial charge in [0.1, 0.15) is 11.8 Å². The molecule has 0 spiro atoms. The molecule has 0 aliphatic heterocycles. The molecule has 15 heavy (non-hydrogen) atoms. The number of hydrogen-bond acceptors (Lipinski definition) is 2. The summed E-state index contributed by atoms with van der Waals surface area (Å²) in [7, 11) is 0. The number of carbonyl (C=O) groups is 1. The van der Waals surface area contributed by atoms with Gasteiger partial charge in [0.2, 0.25) is 0 Å². The topological polar surface area (TPSA) is 45.8 Å². The number of rotatable bonds is 1. The Morgan fingerprint density at radius 3 is 2.53 bits per heavy atom. The van der Waals surface area contributed by atoms with E-state index in [2.05, 4.69) is 0 Å². The van der Waals surface area contributed by atoms with Crippen molar-refractivity contribution in [2.45, 2.75) is 0 Å². The van der Waals surface area contributed by atoms with Gasteiger partial charge in [-0.2, -0.15) is 5.26 Å². The minimum absolute atomic E-state index is 0.183. The second-order valence-corrected chi connectivity index (χ2v) is 3.05. The molecule has 72 valence electrons. The van der Waals surface area contributed by atoms with Gasteiger partial charge in [-0.05, 0) is 24.3 Å². The van der Waals surface area contributed by atoms with Crippen LogP contribution in [0.2, 0.25) is 0 Å². The minimum atomic E-state index is -0.183. The number of nitriles is 1. The molecule has 0 saturated heterocycles. The lowest BCUT2D eigenvalue weighted by Crippen LogP contribution is -2.12. The molecule has 0 aliphatic carbocycles. The van der Waals surface area contributed by atoms with Crippen LogP contribution in [-0.2, 0) is 0 Å². The van der Waals surface area contributed by atoms with Crippen molar-refractivity contribution in [1.82, 2.24) is 4.57 Å². The first-order chi connectivity index (χ1) is 7.33. The van der Waals surface area contributed by atoms with Crippen molar-refractivity contribution in [3.8, 4) is 6.07 Å². The van der Waals surface area contributed by atoms with Gasteiger partial charge in [-0.3, -0.25) is 9.36 Å². The fraction of sp³-hybridized carbons (Fsp3) is 0. The molecule has 0 atom stereocenters. The zero-order valence-corrected chi connectivity index (χ0v) is 7.92. The van der Waals surface area contributed by atoms with Crippen LogP contribution in [0, 0.1) is 11.3 Å². The Kier molecular flexibility index (Phi) is 2.34. The summed E-state index contributed by atoms with van der Waals surface area (Å²) in [4.78, 5) is 11.9. The van der Waals surface area contributed by atoms with Gasteiger partial charge >= 0.3 is 0 Å². The van der Waals surface area contributed by atoms with Crippen molar-refractivity contribution in [2.24, 2.45) is 0 Å². The zero-order chi connectivity index (χ0) is 10.7. The summed E-state index contributed by atoms with van der Waals surface area (Å²) >= 11 is 0. The Labute approximate surface area is 87.2 Å². The lowest BCUT2D eigenvalue weighted by Gasteiger charge is -2.02. The lowest BCUT2D eigenvalue weighted by molar-refractivity contribution is 0.0959. The van der Waals surface area contributed by atoms with Gasteiger partial charge in [0.25, 0.3) is 5.91 Å². The Balaban J connectivity index is 2.43. The van der Waals surface area contributed by atoms with Gasteiger partial charge in [0.15, 0.2) is 0 Å². The zero-order valence-electron chi connectivity index (χ0n) is 7.92. The molecule has 3 heteroatoms. The molecule has 1 aromatic carbocycles. The van der Waals surface area contributed by atoms with E-state index in [4.69, 9.17) is 5.26 Å². The molecule has 0 radical (unpaired) electrons. The van der Waals surface area contributed by atoms with Crippen molar-refractivity contribution in [3.63, 3.8) is 0 Å². The van der Waals surface area contributed by atoms with Crippen LogP contribution in [0.15, 0.2) is 48.7 Å². The van der Waals surface area contributed by atoms with Gasteiger partial charge in [0.05, 0.1) is 0 Å². The number of nitrogens with zero attached hydrogens (tertiary/aromatic N) is 2. The van der Waals surface area contributed by atoms with Crippen LogP contribution >= 0.6 is 0 Å². The first-order valence-electron chi connectivity index (χ1n) is 4.50. The van der Waals surface area contributed by atoms with E-state index in [9.17, 15) is 4.79 Å². The largest absolute Gasteiger partial charge is 0.274 e. The molecule has 0 saturated carbocycles. The lowest BCUT2D eigenvalue weighted by atomic mass is 10.2. The third-order valence-corrected chi connectivity index (χ3v) is 2.10. The van der Waals surface area contributed by atoms with E-state index in [0.29, 0.717) is 11.3 Å². The van der Waals surface area contributed by atoms with Crippen LogP contribution in [-0.4, -0.2) is 10.5 Å². The van der Waals surface area contributed by atoms with Crippen LogP contribution in [0.3, 0.4) is 0 Å². The number of hydrogen-bond donors (Lipinski definition) is 0. The average molecular weight is 196 g/mol. The van der Waals surface area contributed by atoms with E-state index >= 15 is 0 Å². The van der Waals surface area contributed by atoms with E-state index in [1.54, 1.807) is 42.6 Å². The van der Waals surface area contributed by atoms with Gasteiger partial charge in [-0.25, -0.2) is 0 Å². The van der Waals surface area contributed by atoms with Crippen LogP contribution in [0.1, 0.15) is 16.1 Å². The third kappa shape index (κ3) is 1.65. The summed E-state index contributed by atoms with van der Waals surface area (Å²) in [5, 5.41) is 8.78. The minimum Gasteiger partial charge on any atom is -0.274 e. The molecule has 0 N–H and O–H groups in total. The molecule has 2 aromatic rings. The second kappa shape index (κ2) is 3.81. The van der Waals surface area contributed by atoms with Gasteiger partial charge in [-0.1, -0.05) is 18.2 Å². The van der Waals surface area contributed by atoms with Crippen LogP contribution in [0.5, 0.6) is 0 Å². The van der Waals surface area contributed by atoms with Crippen LogP contribution in [0.4, 0.5) is 0 Å². The predicted molar refractivity (Wildman–Crippen MR) is 55.3 cm³/mol. The number of benzene rings is 1. The maximum absolute atomic E-state index is 11.9. The molecule has 0 amide bonds. The molecule has 0 fully saturated rings. The predicted octanol–water partition coefficient (Wildman–Crippen LogP) is 2.05. The Morgan fingerprint density at radius 1 is 1.13 bits per heavy atom. The van der Waals surface area contributed by atoms with E-state index in [0.717, 1.165) is 0 Å². The van der Waals surface area contributed by atoms with Crippen molar-refractivity contribution < 1.29 is 4.79 Å². The summed E-state index contributed by atoms with van der Waals surface area (Å²) in [6.45, 7) is 0. The first-order valence-corrected chi connectivity index (χ1v) is 4.50. The molecule has 0 unspecified atom stereocenters. The maximum atomic E-state index is 11.9. The molecule has 3 nitrogen and oxygen atoms in total. The highest BCUT2D eigenvalue weighted by Crippen LogP contribution is 2.06. The summed E-state index contributed by atoms with van der Waals surface area (Å²) in [5.41, 5.74) is 0.925. The Morgan fingerprint density at radius 2 is 1.87 bits per heavy atom. The molecular formula is C12H8N2O. The highest BCUT2D eigenvalue weighted by atomic mass is 16.2. The SMILES string of the molecule is N#Cc1cccn1C(=O)c1ccccc1. The Hall–Kier alpha value is -2.34. The highest BCUT2D eigenvalue weighted by Gasteiger charge is 2.10. The van der Waals surface area contributed by atoms with Gasteiger partial charge in [-0.15, -0.1) is 0 Å². The fourth-order valence-corrected chi connectivity index (χ4v) is 1.37. The summed E-state index contributed by atoms with van der Waals surface area (Å²) in [5.74, 6) is -0.183. The van der Waals surface area contributed by atoms with Crippen molar-refractivity contribution in [1.29, 1.82) is 5.26 Å². The van der Waals surface area contributed by atoms with E-state index < -0.39 is 0 Å². The van der Waals surface area contributed by atoms with Crippen LogP contribution < -0.4 is 0 Å². The van der Waals surface area contributed by atoms with Crippen molar-refractivity contribution in [2.75, 3.05) is 0 Å². The smallest absolute Gasteiger partial charge is 0.262 e. The number of carbonyl (C=O) groups excluding carboxylic acids is 1. The maximum Gasteiger partial charge on any atom is 0.262 e. The number of aromatic nitrogens is 1. The normalized spacial score (nSPS) is 9.53. The average Bonchev–Trinajstić information content (AvgIpc) is 2.77. The Bertz CT molecular complexity index is 520. The van der Waals surface area contributed by atoms with E-state index in [1.807, 2.05) is 12.1 Å². The monoisotopic (exact) mass is 196 g/mol. The van der Waals surface area contributed by atoms with Gasteiger partial charge < -0.3 is 0 Å². The third-order valence-electron chi connectivity index (χ3n) is 2.10. The van der Waals surface area contributed by atoms with Crippen molar-refractivity contribution >= 4 is 5.91 Å². The highest BCUT2D eigenvalue weighted by molar-refractivity contribution is 5.96. The van der Waals surface area contributed by atoms with Crippen molar-refractivity contribution in [3.05, 3.63) is 59.9 Å². The molecule has 0 bridgehead atoms. The summed E-state index contributed by atoms with van der Waals surface area (Å²) in [6, 6.07) is 14.1. The quantitative estimate of drug-likeness (QED) is 0.700. The van der Waals surface area contributed by atoms with E-state index in [-0.39, 0.29) is 5.91 Å². The summed E-state index contributed by atoms with van der Waals surface area (Å²) < 4.78 is 1.34. The molecular weight excluding hydrogens is 188 g/mol. The van der Waals surface area contributed by atoms with Gasteiger partial charge in [0, 0.05) is 11.8 Å². The second-order valence-electron chi connectivity index (χ2n) is 3.05. The molecule has 1 heterocycles. The molecule has 1 aromatic heterocycles. The van der Waals surface area contributed by atoms with Crippen LogP contribution in [0.25, 0.3) is 0 Å².